The smallest absolute Gasteiger partial charge is 0.337 e. The van der Waals surface area contributed by atoms with E-state index in [-0.39, 0.29) is 0 Å². The molecule has 2 rings (SSSR count). The van der Waals surface area contributed by atoms with Crippen LogP contribution in [0.4, 0.5) is 10.5 Å². The highest BCUT2D eigenvalue weighted by Gasteiger charge is 2.14. The molecule has 7 nitrogen and oxygen atoms in total. The highest BCUT2D eigenvalue weighted by Crippen LogP contribution is 2.13. The van der Waals surface area contributed by atoms with Crippen molar-refractivity contribution in [3.8, 4) is 6.07 Å². The minimum Gasteiger partial charge on any atom is -0.466 e. The van der Waals surface area contributed by atoms with Crippen LogP contribution < -0.4 is 16.2 Å². The van der Waals surface area contributed by atoms with Gasteiger partial charge in [-0.05, 0) is 44.2 Å². The summed E-state index contributed by atoms with van der Waals surface area (Å²) in [6.45, 7) is 3.40. The molecule has 1 aromatic heterocycles. The van der Waals surface area contributed by atoms with Crippen LogP contribution in [-0.4, -0.2) is 11.9 Å². The first-order valence-electron chi connectivity index (χ1n) is 6.44. The zero-order valence-electron chi connectivity index (χ0n) is 12.1. The Bertz CT molecular complexity index is 741. The van der Waals surface area contributed by atoms with Crippen molar-refractivity contribution < 1.29 is 14.0 Å². The van der Waals surface area contributed by atoms with Crippen LogP contribution >= 0.6 is 0 Å². The van der Waals surface area contributed by atoms with Gasteiger partial charge in [-0.1, -0.05) is 0 Å². The first kappa shape index (κ1) is 15.1. The molecule has 0 spiro atoms. The van der Waals surface area contributed by atoms with Gasteiger partial charge in [0.25, 0.3) is 5.91 Å². The van der Waals surface area contributed by atoms with Crippen LogP contribution in [-0.2, 0) is 0 Å². The standard InChI is InChI=1S/C15H14N4O3/c1-9-7-13(10(2)22-9)14(20)18-19-15(21)17-12-5-3-11(8-16)4-6-12/h3-7H,1-2H3,(H,18,20)(H2,17,19,21). The van der Waals surface area contributed by atoms with Gasteiger partial charge in [-0.3, -0.25) is 10.2 Å². The van der Waals surface area contributed by atoms with Crippen molar-refractivity contribution in [2.75, 3.05) is 5.32 Å². The molecule has 1 heterocycles. The Labute approximate surface area is 126 Å². The maximum atomic E-state index is 11.9. The largest absolute Gasteiger partial charge is 0.466 e. The van der Waals surface area contributed by atoms with Crippen LogP contribution in [0.2, 0.25) is 0 Å². The van der Waals surface area contributed by atoms with E-state index in [1.54, 1.807) is 44.2 Å². The van der Waals surface area contributed by atoms with Gasteiger partial charge in [-0.15, -0.1) is 0 Å². The molecule has 22 heavy (non-hydrogen) atoms. The van der Waals surface area contributed by atoms with E-state index in [0.29, 0.717) is 28.3 Å². The molecule has 0 unspecified atom stereocenters. The van der Waals surface area contributed by atoms with E-state index in [1.807, 2.05) is 6.07 Å². The van der Waals surface area contributed by atoms with Gasteiger partial charge in [0, 0.05) is 5.69 Å². The first-order valence-corrected chi connectivity index (χ1v) is 6.44. The molecular weight excluding hydrogens is 284 g/mol. The highest BCUT2D eigenvalue weighted by molar-refractivity contribution is 5.97. The number of carbonyl (C=O) groups is 2. The summed E-state index contributed by atoms with van der Waals surface area (Å²) in [4.78, 5) is 23.5. The van der Waals surface area contributed by atoms with Gasteiger partial charge in [0.15, 0.2) is 0 Å². The lowest BCUT2D eigenvalue weighted by molar-refractivity contribution is 0.0936. The van der Waals surface area contributed by atoms with Crippen LogP contribution in [0.25, 0.3) is 0 Å². The van der Waals surface area contributed by atoms with E-state index in [9.17, 15) is 9.59 Å². The number of furan rings is 1. The third-order valence-electron chi connectivity index (χ3n) is 2.85. The number of aryl methyl sites for hydroxylation is 2. The van der Waals surface area contributed by atoms with Crippen LogP contribution in [0.3, 0.4) is 0 Å². The molecule has 1 aromatic carbocycles. The average molecular weight is 298 g/mol. The lowest BCUT2D eigenvalue weighted by Crippen LogP contribution is -2.44. The summed E-state index contributed by atoms with van der Waals surface area (Å²) in [6.07, 6.45) is 0. The van der Waals surface area contributed by atoms with Gasteiger partial charge in [0.2, 0.25) is 0 Å². The molecule has 0 aliphatic rings. The van der Waals surface area contributed by atoms with Crippen molar-refractivity contribution in [3.63, 3.8) is 0 Å². The first-order chi connectivity index (χ1) is 10.5. The summed E-state index contributed by atoms with van der Waals surface area (Å²) >= 11 is 0. The third-order valence-corrected chi connectivity index (χ3v) is 2.85. The Morgan fingerprint density at radius 3 is 2.36 bits per heavy atom. The second-order valence-corrected chi connectivity index (χ2v) is 4.55. The fraction of sp³-hybridized carbons (Fsp3) is 0.133. The van der Waals surface area contributed by atoms with E-state index >= 15 is 0 Å². The Kier molecular flexibility index (Phi) is 4.44. The Hall–Kier alpha value is -3.27. The van der Waals surface area contributed by atoms with Crippen molar-refractivity contribution in [1.82, 2.24) is 10.9 Å². The summed E-state index contributed by atoms with van der Waals surface area (Å²) in [6, 6.07) is 9.29. The minimum absolute atomic E-state index is 0.358. The quantitative estimate of drug-likeness (QED) is 0.739. The maximum Gasteiger partial charge on any atom is 0.337 e. The van der Waals surface area contributed by atoms with Gasteiger partial charge in [0.05, 0.1) is 17.2 Å². The normalized spacial score (nSPS) is 9.68. The average Bonchev–Trinajstić information content (AvgIpc) is 2.84. The molecule has 0 fully saturated rings. The Morgan fingerprint density at radius 2 is 1.82 bits per heavy atom. The number of nitrogens with zero attached hydrogens (tertiary/aromatic N) is 1. The minimum atomic E-state index is -0.601. The zero-order chi connectivity index (χ0) is 16.1. The predicted molar refractivity (Wildman–Crippen MR) is 79.0 cm³/mol. The van der Waals surface area contributed by atoms with Crippen LogP contribution in [0.5, 0.6) is 0 Å². The second-order valence-electron chi connectivity index (χ2n) is 4.55. The van der Waals surface area contributed by atoms with Crippen LogP contribution in [0.1, 0.15) is 27.4 Å². The van der Waals surface area contributed by atoms with Gasteiger partial charge in [0.1, 0.15) is 11.5 Å². The van der Waals surface area contributed by atoms with Gasteiger partial charge >= 0.3 is 6.03 Å². The summed E-state index contributed by atoms with van der Waals surface area (Å²) in [5.41, 5.74) is 5.87. The number of nitriles is 1. The van der Waals surface area contributed by atoms with Gasteiger partial charge < -0.3 is 9.73 Å². The number of anilines is 1. The molecule has 0 aliphatic heterocycles. The van der Waals surface area contributed by atoms with Crippen molar-refractivity contribution >= 4 is 17.6 Å². The molecule has 0 radical (unpaired) electrons. The number of carbonyl (C=O) groups excluding carboxylic acids is 2. The molecular formula is C15H14N4O3. The fourth-order valence-corrected chi connectivity index (χ4v) is 1.83. The van der Waals surface area contributed by atoms with Gasteiger partial charge in [-0.2, -0.15) is 5.26 Å². The zero-order valence-corrected chi connectivity index (χ0v) is 12.1. The number of hydrazine groups is 1. The molecule has 7 heteroatoms. The summed E-state index contributed by atoms with van der Waals surface area (Å²) in [5, 5.41) is 11.2. The summed E-state index contributed by atoms with van der Waals surface area (Å²) < 4.78 is 5.24. The van der Waals surface area contributed by atoms with E-state index in [2.05, 4.69) is 16.2 Å². The number of hydrogen-bond acceptors (Lipinski definition) is 4. The maximum absolute atomic E-state index is 11.9. The van der Waals surface area contributed by atoms with Gasteiger partial charge in [-0.25, -0.2) is 10.2 Å². The number of urea groups is 1. The SMILES string of the molecule is Cc1cc(C(=O)NNC(=O)Nc2ccc(C#N)cc2)c(C)o1. The van der Waals surface area contributed by atoms with E-state index < -0.39 is 11.9 Å². The molecule has 3 N–H and O–H groups in total. The second kappa shape index (κ2) is 6.45. The molecule has 0 saturated carbocycles. The number of amides is 3. The monoisotopic (exact) mass is 298 g/mol. The fourth-order valence-electron chi connectivity index (χ4n) is 1.83. The number of hydrogen-bond donors (Lipinski definition) is 3. The lowest BCUT2D eigenvalue weighted by atomic mass is 10.2. The van der Waals surface area contributed by atoms with Crippen molar-refractivity contribution in [2.45, 2.75) is 13.8 Å². The third kappa shape index (κ3) is 3.64. The summed E-state index contributed by atoms with van der Waals surface area (Å²) in [7, 11) is 0. The number of nitrogens with one attached hydrogen (secondary N) is 3. The van der Waals surface area contributed by atoms with E-state index in [0.717, 1.165) is 0 Å². The highest BCUT2D eigenvalue weighted by atomic mass is 16.3. The molecule has 3 amide bonds. The molecule has 2 aromatic rings. The topological polar surface area (TPSA) is 107 Å². The van der Waals surface area contributed by atoms with Crippen LogP contribution in [0, 0.1) is 25.2 Å². The molecule has 0 atom stereocenters. The molecule has 0 bridgehead atoms. The summed E-state index contributed by atoms with van der Waals surface area (Å²) in [5.74, 6) is 0.623. The van der Waals surface area contributed by atoms with Crippen molar-refractivity contribution in [1.29, 1.82) is 5.26 Å². The number of rotatable bonds is 2. The molecule has 0 aliphatic carbocycles. The van der Waals surface area contributed by atoms with Crippen molar-refractivity contribution in [3.05, 3.63) is 53.0 Å². The number of benzene rings is 1. The predicted octanol–water partition coefficient (Wildman–Crippen LogP) is 2.23. The van der Waals surface area contributed by atoms with Crippen molar-refractivity contribution in [2.24, 2.45) is 0 Å². The Morgan fingerprint density at radius 1 is 1.14 bits per heavy atom. The Balaban J connectivity index is 1.88. The van der Waals surface area contributed by atoms with E-state index in [4.69, 9.17) is 9.68 Å². The molecule has 112 valence electrons. The lowest BCUT2D eigenvalue weighted by Gasteiger charge is -2.08. The van der Waals surface area contributed by atoms with E-state index in [1.165, 1.54) is 0 Å². The molecule has 0 saturated heterocycles. The van der Waals surface area contributed by atoms with Crippen LogP contribution in [0.15, 0.2) is 34.7 Å².